The van der Waals surface area contributed by atoms with Crippen LogP contribution in [-0.2, 0) is 42.8 Å². The summed E-state index contributed by atoms with van der Waals surface area (Å²) >= 11 is 0. The minimum Gasteiger partial charge on any atom is -0.457 e. The molecule has 9 nitrogen and oxygen atoms in total. The van der Waals surface area contributed by atoms with Crippen LogP contribution in [-0.4, -0.2) is 68.4 Å². The van der Waals surface area contributed by atoms with Crippen LogP contribution >= 0.6 is 0 Å². The summed E-state index contributed by atoms with van der Waals surface area (Å²) in [5.41, 5.74) is 0. The highest BCUT2D eigenvalue weighted by Gasteiger charge is 2.51. The highest BCUT2D eigenvalue weighted by Crippen LogP contribution is 2.29. The Bertz CT molecular complexity index is 465. The van der Waals surface area contributed by atoms with Crippen LogP contribution in [0.2, 0.25) is 0 Å². The molecule has 1 heterocycles. The highest BCUT2D eigenvalue weighted by atomic mass is 16.7. The Hall–Kier alpha value is -1.71. The van der Waals surface area contributed by atoms with Crippen LogP contribution in [0.4, 0.5) is 0 Å². The van der Waals surface area contributed by atoms with Gasteiger partial charge in [0.1, 0.15) is 12.2 Å². The molecule has 25 heavy (non-hydrogen) atoms. The Kier molecular flexibility index (Phi) is 8.81. The van der Waals surface area contributed by atoms with Gasteiger partial charge < -0.3 is 28.4 Å². The molecule has 0 amide bonds. The lowest BCUT2D eigenvalue weighted by Gasteiger charge is -2.44. The molecule has 0 radical (unpaired) electrons. The molecule has 0 aromatic carbocycles. The summed E-state index contributed by atoms with van der Waals surface area (Å²) < 4.78 is 32.4. The first-order chi connectivity index (χ1) is 11.8. The third kappa shape index (κ3) is 6.60. The Balaban J connectivity index is 3.16. The number of rotatable bonds is 8. The molecule has 5 atom stereocenters. The molecule has 0 N–H and O–H groups in total. The van der Waals surface area contributed by atoms with Crippen molar-refractivity contribution in [2.24, 2.45) is 0 Å². The van der Waals surface area contributed by atoms with Crippen molar-refractivity contribution < 1.29 is 42.8 Å². The minimum atomic E-state index is -1.20. The molecule has 144 valence electrons. The van der Waals surface area contributed by atoms with Gasteiger partial charge in [-0.05, 0) is 13.8 Å². The van der Waals surface area contributed by atoms with Gasteiger partial charge in [-0.1, -0.05) is 0 Å². The summed E-state index contributed by atoms with van der Waals surface area (Å²) in [6.07, 6.45) is -4.79. The molecule has 1 aliphatic heterocycles. The lowest BCUT2D eigenvalue weighted by molar-refractivity contribution is -0.304. The third-order valence-electron chi connectivity index (χ3n) is 3.32. The van der Waals surface area contributed by atoms with Gasteiger partial charge in [-0.15, -0.1) is 0 Å². The monoisotopic (exact) mass is 362 g/mol. The van der Waals surface area contributed by atoms with Crippen molar-refractivity contribution in [1.29, 1.82) is 0 Å². The van der Waals surface area contributed by atoms with Crippen molar-refractivity contribution in [1.82, 2.24) is 0 Å². The Morgan fingerprint density at radius 1 is 0.800 bits per heavy atom. The third-order valence-corrected chi connectivity index (χ3v) is 3.32. The van der Waals surface area contributed by atoms with Crippen LogP contribution in [0.3, 0.4) is 0 Å². The van der Waals surface area contributed by atoms with Crippen molar-refractivity contribution in [2.75, 3.05) is 19.8 Å². The first-order valence-electron chi connectivity index (χ1n) is 8.16. The van der Waals surface area contributed by atoms with Crippen molar-refractivity contribution in [3.8, 4) is 0 Å². The zero-order chi connectivity index (χ0) is 19.0. The number of esters is 3. The van der Waals surface area contributed by atoms with Gasteiger partial charge in [0.25, 0.3) is 0 Å². The molecule has 1 saturated heterocycles. The van der Waals surface area contributed by atoms with Crippen LogP contribution in [0.5, 0.6) is 0 Å². The summed E-state index contributed by atoms with van der Waals surface area (Å²) in [4.78, 5) is 34.4. The van der Waals surface area contributed by atoms with E-state index in [1.807, 2.05) is 0 Å². The van der Waals surface area contributed by atoms with E-state index in [9.17, 15) is 14.4 Å². The lowest BCUT2D eigenvalue weighted by Crippen LogP contribution is -2.62. The summed E-state index contributed by atoms with van der Waals surface area (Å²) in [7, 11) is 0. The summed E-state index contributed by atoms with van der Waals surface area (Å²) in [5, 5.41) is 0. The second kappa shape index (κ2) is 10.3. The minimum absolute atomic E-state index is 0.0859. The molecule has 1 aliphatic rings. The van der Waals surface area contributed by atoms with Crippen LogP contribution in [0.25, 0.3) is 0 Å². The predicted octanol–water partition coefficient (Wildman–Crippen LogP) is 0.579. The molecule has 0 bridgehead atoms. The molecule has 0 spiro atoms. The molecule has 1 rings (SSSR count). The molecule has 1 fully saturated rings. The fourth-order valence-corrected chi connectivity index (χ4v) is 2.54. The maximum absolute atomic E-state index is 11.5. The summed E-state index contributed by atoms with van der Waals surface area (Å²) in [5.74, 6) is -1.77. The summed E-state index contributed by atoms with van der Waals surface area (Å²) in [6, 6.07) is 0. The van der Waals surface area contributed by atoms with Gasteiger partial charge in [-0.3, -0.25) is 14.4 Å². The smallest absolute Gasteiger partial charge is 0.305 e. The SMILES string of the molecule is CCOC[C@H]1O[C@@H](OC(C)=O)[C@H](OC(C)=O)[C@@H](OCC)[C@@H]1OC(C)=O. The van der Waals surface area contributed by atoms with Gasteiger partial charge in [0.15, 0.2) is 12.2 Å². The van der Waals surface area contributed by atoms with Gasteiger partial charge in [0.05, 0.1) is 6.61 Å². The quantitative estimate of drug-likeness (QED) is 0.452. The van der Waals surface area contributed by atoms with Crippen LogP contribution in [0.15, 0.2) is 0 Å². The standard InChI is InChI=1S/C16H26O9/c1-6-20-8-12-13(22-9(3)17)14(21-7-2)15(23-10(4)18)16(25-12)24-11(5)19/h12-16H,6-8H2,1-5H3/t12-,13-,14+,15-,16-/m1/s1. The average Bonchev–Trinajstić information content (AvgIpc) is 2.50. The van der Waals surface area contributed by atoms with E-state index in [0.717, 1.165) is 0 Å². The zero-order valence-corrected chi connectivity index (χ0v) is 15.2. The maximum atomic E-state index is 11.5. The molecular formula is C16H26O9. The van der Waals surface area contributed by atoms with Gasteiger partial charge in [0.2, 0.25) is 6.29 Å². The van der Waals surface area contributed by atoms with E-state index in [4.69, 9.17) is 28.4 Å². The molecule has 0 unspecified atom stereocenters. The number of hydrogen-bond acceptors (Lipinski definition) is 9. The van der Waals surface area contributed by atoms with Crippen LogP contribution in [0, 0.1) is 0 Å². The van der Waals surface area contributed by atoms with Crippen LogP contribution in [0.1, 0.15) is 34.6 Å². The maximum Gasteiger partial charge on any atom is 0.305 e. The van der Waals surface area contributed by atoms with Crippen molar-refractivity contribution in [2.45, 2.75) is 65.3 Å². The average molecular weight is 362 g/mol. The zero-order valence-electron chi connectivity index (χ0n) is 15.2. The van der Waals surface area contributed by atoms with E-state index >= 15 is 0 Å². The fourth-order valence-electron chi connectivity index (χ4n) is 2.54. The highest BCUT2D eigenvalue weighted by molar-refractivity contribution is 5.68. The van der Waals surface area contributed by atoms with Gasteiger partial charge >= 0.3 is 17.9 Å². The Labute approximate surface area is 146 Å². The van der Waals surface area contributed by atoms with E-state index < -0.39 is 48.6 Å². The second-order valence-electron chi connectivity index (χ2n) is 5.38. The van der Waals surface area contributed by atoms with E-state index in [-0.39, 0.29) is 13.2 Å². The first kappa shape index (κ1) is 21.3. The normalized spacial score (nSPS) is 28.9. The summed E-state index contributed by atoms with van der Waals surface area (Å²) in [6.45, 7) is 7.97. The van der Waals surface area contributed by atoms with Crippen molar-refractivity contribution in [3.63, 3.8) is 0 Å². The Morgan fingerprint density at radius 2 is 1.36 bits per heavy atom. The Morgan fingerprint density at radius 3 is 1.84 bits per heavy atom. The second-order valence-corrected chi connectivity index (χ2v) is 5.38. The number of carbonyl (C=O) groups is 3. The van der Waals surface area contributed by atoms with Gasteiger partial charge in [0, 0.05) is 34.0 Å². The van der Waals surface area contributed by atoms with E-state index in [1.165, 1.54) is 20.8 Å². The van der Waals surface area contributed by atoms with Crippen LogP contribution < -0.4 is 0 Å². The molecule has 0 aromatic rings. The van der Waals surface area contributed by atoms with E-state index in [0.29, 0.717) is 6.61 Å². The van der Waals surface area contributed by atoms with E-state index in [2.05, 4.69) is 0 Å². The van der Waals surface area contributed by atoms with Crippen molar-refractivity contribution >= 4 is 17.9 Å². The topological polar surface area (TPSA) is 107 Å². The number of carbonyl (C=O) groups excluding carboxylic acids is 3. The predicted molar refractivity (Wildman–Crippen MR) is 83.4 cm³/mol. The fraction of sp³-hybridized carbons (Fsp3) is 0.812. The number of ether oxygens (including phenoxy) is 6. The molecule has 0 aromatic heterocycles. The first-order valence-corrected chi connectivity index (χ1v) is 8.16. The molecule has 0 aliphatic carbocycles. The number of hydrogen-bond donors (Lipinski definition) is 0. The lowest BCUT2D eigenvalue weighted by atomic mass is 9.98. The molecular weight excluding hydrogens is 336 g/mol. The van der Waals surface area contributed by atoms with E-state index in [1.54, 1.807) is 13.8 Å². The van der Waals surface area contributed by atoms with Gasteiger partial charge in [-0.25, -0.2) is 0 Å². The largest absolute Gasteiger partial charge is 0.457 e. The molecule has 0 saturated carbocycles. The van der Waals surface area contributed by atoms with Crippen molar-refractivity contribution in [3.05, 3.63) is 0 Å². The molecule has 9 heteroatoms. The van der Waals surface area contributed by atoms with Gasteiger partial charge in [-0.2, -0.15) is 0 Å².